The number of ketones is 2. The molecule has 0 aliphatic heterocycles. The number of sulfone groups is 1. The molecule has 10 heteroatoms. The number of aromatic nitrogens is 3. The fourth-order valence-corrected chi connectivity index (χ4v) is 4.34. The van der Waals surface area contributed by atoms with Crippen LogP contribution in [-0.2, 0) is 33.8 Å². The molecule has 1 unspecified atom stereocenters. The zero-order valence-corrected chi connectivity index (χ0v) is 16.2. The molecule has 1 aromatic heterocycles. The molecule has 0 amide bonds. The Balaban J connectivity index is 1.97. The standard InChI is InChI=1S/C18H19N3O6S/c1-12(22)27-15-5-3-4-14(23)16(15)17(24)13-6-8-18(9-7-13,28(2,25)26)21-19-10-11-20-21/h6-8,10-11H,3-5,9H2,1-2H3. The summed E-state index contributed by atoms with van der Waals surface area (Å²) < 4.78 is 29.9. The van der Waals surface area contributed by atoms with Crippen molar-refractivity contribution >= 4 is 27.4 Å². The monoisotopic (exact) mass is 405 g/mol. The maximum Gasteiger partial charge on any atom is 0.307 e. The first-order valence-electron chi connectivity index (χ1n) is 8.61. The molecule has 148 valence electrons. The van der Waals surface area contributed by atoms with Crippen LogP contribution < -0.4 is 0 Å². The highest BCUT2D eigenvalue weighted by Gasteiger charge is 2.43. The van der Waals surface area contributed by atoms with E-state index in [1.807, 2.05) is 0 Å². The van der Waals surface area contributed by atoms with E-state index in [1.54, 1.807) is 0 Å². The van der Waals surface area contributed by atoms with Gasteiger partial charge in [-0.05, 0) is 12.5 Å². The third-order valence-electron chi connectivity index (χ3n) is 4.66. The topological polar surface area (TPSA) is 125 Å². The molecule has 28 heavy (non-hydrogen) atoms. The number of ether oxygens (including phenoxy) is 1. The first-order chi connectivity index (χ1) is 13.2. The average Bonchev–Trinajstić information content (AvgIpc) is 3.15. The molecule has 0 fully saturated rings. The van der Waals surface area contributed by atoms with Crippen LogP contribution in [-0.4, -0.2) is 47.2 Å². The third kappa shape index (κ3) is 3.47. The Morgan fingerprint density at radius 1 is 1.21 bits per heavy atom. The number of rotatable bonds is 5. The second-order valence-electron chi connectivity index (χ2n) is 6.63. The third-order valence-corrected chi connectivity index (χ3v) is 6.41. The van der Waals surface area contributed by atoms with Gasteiger partial charge in [0, 0.05) is 38.0 Å². The number of Topliss-reactive ketones (excluding diaryl/α,β-unsaturated/α-hetero) is 2. The maximum absolute atomic E-state index is 12.9. The van der Waals surface area contributed by atoms with E-state index in [-0.39, 0.29) is 29.7 Å². The molecule has 1 aromatic rings. The van der Waals surface area contributed by atoms with E-state index in [0.717, 1.165) is 11.1 Å². The molecule has 0 saturated carbocycles. The van der Waals surface area contributed by atoms with Gasteiger partial charge < -0.3 is 4.74 Å². The summed E-state index contributed by atoms with van der Waals surface area (Å²) in [5, 5.41) is 7.87. The van der Waals surface area contributed by atoms with Crippen LogP contribution in [0.1, 0.15) is 32.6 Å². The van der Waals surface area contributed by atoms with E-state index < -0.39 is 32.2 Å². The average molecular weight is 405 g/mol. The van der Waals surface area contributed by atoms with Gasteiger partial charge in [0.05, 0.1) is 12.4 Å². The van der Waals surface area contributed by atoms with Gasteiger partial charge in [-0.3, -0.25) is 14.4 Å². The van der Waals surface area contributed by atoms with Gasteiger partial charge in [-0.1, -0.05) is 12.2 Å². The van der Waals surface area contributed by atoms with Crippen molar-refractivity contribution in [1.82, 2.24) is 15.0 Å². The lowest BCUT2D eigenvalue weighted by atomic mass is 9.88. The van der Waals surface area contributed by atoms with E-state index in [4.69, 9.17) is 4.74 Å². The molecule has 0 radical (unpaired) electrons. The molecule has 0 aromatic carbocycles. The van der Waals surface area contributed by atoms with Crippen molar-refractivity contribution in [2.24, 2.45) is 0 Å². The van der Waals surface area contributed by atoms with E-state index >= 15 is 0 Å². The summed E-state index contributed by atoms with van der Waals surface area (Å²) in [5.74, 6) is -1.52. The molecule has 2 aliphatic rings. The lowest BCUT2D eigenvalue weighted by Gasteiger charge is -2.29. The molecular formula is C18H19N3O6S. The van der Waals surface area contributed by atoms with Crippen LogP contribution in [0.2, 0.25) is 0 Å². The highest BCUT2D eigenvalue weighted by molar-refractivity contribution is 7.91. The molecule has 0 spiro atoms. The summed E-state index contributed by atoms with van der Waals surface area (Å²) in [6.07, 6.45) is 8.83. The van der Waals surface area contributed by atoms with Crippen LogP contribution in [0.25, 0.3) is 0 Å². The number of hydrogen-bond acceptors (Lipinski definition) is 8. The Morgan fingerprint density at radius 3 is 2.43 bits per heavy atom. The number of allylic oxidation sites excluding steroid dienone is 5. The van der Waals surface area contributed by atoms with Gasteiger partial charge in [-0.15, -0.1) is 0 Å². The second-order valence-corrected chi connectivity index (χ2v) is 8.88. The Hall–Kier alpha value is -2.88. The number of nitrogens with zero attached hydrogens (tertiary/aromatic N) is 3. The van der Waals surface area contributed by atoms with Crippen LogP contribution in [0.3, 0.4) is 0 Å². The van der Waals surface area contributed by atoms with Gasteiger partial charge in [-0.25, -0.2) is 8.42 Å². The Labute approximate surface area is 161 Å². The molecule has 0 bridgehead atoms. The smallest absolute Gasteiger partial charge is 0.307 e. The zero-order valence-electron chi connectivity index (χ0n) is 15.4. The minimum absolute atomic E-state index is 0.0664. The summed E-state index contributed by atoms with van der Waals surface area (Å²) in [5.41, 5.74) is 0.00255. The molecule has 1 atom stereocenters. The number of esters is 1. The lowest BCUT2D eigenvalue weighted by Crippen LogP contribution is -2.42. The SMILES string of the molecule is CC(=O)OC1=C(C(=O)C2=CCC(n3nccn3)(S(C)(=O)=O)C=C2)C(=O)CCC1. The fourth-order valence-electron chi connectivity index (χ4n) is 3.25. The predicted molar refractivity (Wildman–Crippen MR) is 97.3 cm³/mol. The highest BCUT2D eigenvalue weighted by atomic mass is 32.2. The van der Waals surface area contributed by atoms with Crippen molar-refractivity contribution in [3.63, 3.8) is 0 Å². The summed E-state index contributed by atoms with van der Waals surface area (Å²) in [7, 11) is -3.67. The summed E-state index contributed by atoms with van der Waals surface area (Å²) >= 11 is 0. The number of carbonyl (C=O) groups is 3. The normalized spacial score (nSPS) is 22.8. The fraction of sp³-hybridized carbons (Fsp3) is 0.389. The van der Waals surface area contributed by atoms with Gasteiger partial charge in [0.2, 0.25) is 4.87 Å². The maximum atomic E-state index is 12.9. The summed E-state index contributed by atoms with van der Waals surface area (Å²) in [4.78, 5) is 36.1. The van der Waals surface area contributed by atoms with Gasteiger partial charge in [0.1, 0.15) is 11.3 Å². The van der Waals surface area contributed by atoms with Crippen molar-refractivity contribution in [3.05, 3.63) is 47.5 Å². The van der Waals surface area contributed by atoms with E-state index in [0.29, 0.717) is 12.8 Å². The summed E-state index contributed by atoms with van der Waals surface area (Å²) in [6.45, 7) is 1.20. The zero-order chi connectivity index (χ0) is 20.5. The van der Waals surface area contributed by atoms with Crippen LogP contribution in [0, 0.1) is 0 Å². The first kappa shape index (κ1) is 19.9. The number of hydrogen-bond donors (Lipinski definition) is 0. The van der Waals surface area contributed by atoms with Crippen molar-refractivity contribution in [1.29, 1.82) is 0 Å². The first-order valence-corrected chi connectivity index (χ1v) is 10.5. The predicted octanol–water partition coefficient (Wildman–Crippen LogP) is 1.00. The van der Waals surface area contributed by atoms with Crippen molar-refractivity contribution in [2.75, 3.05) is 6.26 Å². The van der Waals surface area contributed by atoms with Crippen LogP contribution in [0.4, 0.5) is 0 Å². The molecular weight excluding hydrogens is 386 g/mol. The minimum Gasteiger partial charge on any atom is -0.430 e. The van der Waals surface area contributed by atoms with Crippen LogP contribution in [0.15, 0.2) is 47.5 Å². The molecule has 9 nitrogen and oxygen atoms in total. The Morgan fingerprint density at radius 2 is 1.89 bits per heavy atom. The highest BCUT2D eigenvalue weighted by Crippen LogP contribution is 2.34. The second kappa shape index (κ2) is 7.27. The van der Waals surface area contributed by atoms with Gasteiger partial charge in [0.25, 0.3) is 0 Å². The van der Waals surface area contributed by atoms with Gasteiger partial charge in [-0.2, -0.15) is 15.0 Å². The molecule has 1 heterocycles. The molecule has 0 N–H and O–H groups in total. The van der Waals surface area contributed by atoms with Crippen LogP contribution >= 0.6 is 0 Å². The van der Waals surface area contributed by atoms with Crippen molar-refractivity contribution in [2.45, 2.75) is 37.5 Å². The molecule has 3 rings (SSSR count). The summed E-state index contributed by atoms with van der Waals surface area (Å²) in [6, 6.07) is 0. The Bertz CT molecular complexity index is 1030. The van der Waals surface area contributed by atoms with Crippen LogP contribution in [0.5, 0.6) is 0 Å². The van der Waals surface area contributed by atoms with E-state index in [9.17, 15) is 22.8 Å². The van der Waals surface area contributed by atoms with Gasteiger partial charge in [0.15, 0.2) is 21.4 Å². The Kier molecular flexibility index (Phi) is 5.16. The van der Waals surface area contributed by atoms with Gasteiger partial charge >= 0.3 is 5.97 Å². The van der Waals surface area contributed by atoms with Crippen molar-refractivity contribution in [3.8, 4) is 0 Å². The molecule has 2 aliphatic carbocycles. The number of carbonyl (C=O) groups excluding carboxylic acids is 3. The van der Waals surface area contributed by atoms with E-state index in [2.05, 4.69) is 10.2 Å². The van der Waals surface area contributed by atoms with Crippen molar-refractivity contribution < 1.29 is 27.5 Å². The molecule has 0 saturated heterocycles. The quantitative estimate of drug-likeness (QED) is 0.525. The largest absolute Gasteiger partial charge is 0.430 e. The lowest BCUT2D eigenvalue weighted by molar-refractivity contribution is -0.137. The minimum atomic E-state index is -3.67. The van der Waals surface area contributed by atoms with E-state index in [1.165, 1.54) is 37.5 Å².